The molecule has 0 unspecified atom stereocenters. The van der Waals surface area contributed by atoms with Crippen LogP contribution in [0.4, 0.5) is 21.9 Å². The van der Waals surface area contributed by atoms with Gasteiger partial charge in [0.05, 0.1) is 22.8 Å². The molecule has 3 aromatic carbocycles. The first-order chi connectivity index (χ1) is 14.9. The van der Waals surface area contributed by atoms with Crippen molar-refractivity contribution >= 4 is 39.1 Å². The van der Waals surface area contributed by atoms with Gasteiger partial charge >= 0.3 is 12.0 Å². The van der Waals surface area contributed by atoms with Crippen LogP contribution in [-0.4, -0.2) is 27.0 Å². The molecule has 2 amide bonds. The normalized spacial score (nSPS) is 10.7. The Kier molecular flexibility index (Phi) is 6.88. The molecule has 0 aliphatic heterocycles. The van der Waals surface area contributed by atoms with Crippen LogP contribution in [0.2, 0.25) is 0 Å². The van der Waals surface area contributed by atoms with Gasteiger partial charge in [0.1, 0.15) is 0 Å². The van der Waals surface area contributed by atoms with Crippen LogP contribution in [0.1, 0.15) is 17.3 Å². The summed E-state index contributed by atoms with van der Waals surface area (Å²) in [5.74, 6) is -0.521. The molecule has 0 atom stereocenters. The Morgan fingerprint density at radius 1 is 0.806 bits per heavy atom. The van der Waals surface area contributed by atoms with E-state index in [1.54, 1.807) is 49.4 Å². The Hall–Kier alpha value is -3.85. The Morgan fingerprint density at radius 2 is 1.42 bits per heavy atom. The number of hydrogen-bond acceptors (Lipinski definition) is 5. The average Bonchev–Trinajstić information content (AvgIpc) is 2.74. The number of sulfonamides is 1. The fourth-order valence-electron chi connectivity index (χ4n) is 2.67. The van der Waals surface area contributed by atoms with Crippen molar-refractivity contribution in [3.8, 4) is 0 Å². The molecule has 3 aromatic rings. The third-order valence-electron chi connectivity index (χ3n) is 4.08. The van der Waals surface area contributed by atoms with E-state index in [0.29, 0.717) is 11.4 Å². The third-order valence-corrected chi connectivity index (χ3v) is 5.48. The number of carbonyl (C=O) groups excluding carboxylic acids is 2. The van der Waals surface area contributed by atoms with Gasteiger partial charge in [-0.15, -0.1) is 0 Å². The summed E-state index contributed by atoms with van der Waals surface area (Å²) in [4.78, 5) is 23.8. The second-order valence-electron chi connectivity index (χ2n) is 6.38. The van der Waals surface area contributed by atoms with Crippen LogP contribution in [0, 0.1) is 0 Å². The van der Waals surface area contributed by atoms with Gasteiger partial charge in [-0.1, -0.05) is 24.3 Å². The van der Waals surface area contributed by atoms with Crippen LogP contribution in [0.5, 0.6) is 0 Å². The number of carbonyl (C=O) groups is 2. The van der Waals surface area contributed by atoms with Crippen LogP contribution < -0.4 is 15.4 Å². The molecule has 9 heteroatoms. The standard InChI is InChI=1S/C22H21N3O5S/c1-2-30-21(26)16-11-13-20(14-12-16)31(28,29)25-19-10-6-9-18(15-19)24-22(27)23-17-7-4-3-5-8-17/h3-15,25H,2H2,1H3,(H2,23,24,27). The van der Waals surface area contributed by atoms with Gasteiger partial charge in [-0.25, -0.2) is 18.0 Å². The number of anilines is 3. The number of amides is 2. The smallest absolute Gasteiger partial charge is 0.338 e. The molecule has 3 N–H and O–H groups in total. The summed E-state index contributed by atoms with van der Waals surface area (Å²) in [5.41, 5.74) is 1.57. The number of nitrogens with one attached hydrogen (secondary N) is 3. The molecule has 0 spiro atoms. The Labute approximate surface area is 180 Å². The lowest BCUT2D eigenvalue weighted by molar-refractivity contribution is 0.0526. The lowest BCUT2D eigenvalue weighted by Crippen LogP contribution is -2.19. The van der Waals surface area contributed by atoms with E-state index in [0.717, 1.165) is 0 Å². The first-order valence-electron chi connectivity index (χ1n) is 9.40. The van der Waals surface area contributed by atoms with Gasteiger partial charge < -0.3 is 15.4 Å². The fraction of sp³-hybridized carbons (Fsp3) is 0.0909. The minimum absolute atomic E-state index is 0.0132. The number of para-hydroxylation sites is 1. The van der Waals surface area contributed by atoms with Gasteiger partial charge in [0.2, 0.25) is 0 Å². The minimum atomic E-state index is -3.89. The highest BCUT2D eigenvalue weighted by Gasteiger charge is 2.16. The summed E-state index contributed by atoms with van der Waals surface area (Å²) in [6.07, 6.45) is 0. The third kappa shape index (κ3) is 6.06. The van der Waals surface area contributed by atoms with Crippen LogP contribution in [0.15, 0.2) is 83.8 Å². The summed E-state index contributed by atoms with van der Waals surface area (Å²) < 4.78 is 32.7. The summed E-state index contributed by atoms with van der Waals surface area (Å²) in [5, 5.41) is 5.33. The molecule has 0 radical (unpaired) electrons. The maximum Gasteiger partial charge on any atom is 0.338 e. The minimum Gasteiger partial charge on any atom is -0.462 e. The van der Waals surface area contributed by atoms with E-state index < -0.39 is 22.0 Å². The molecule has 0 heterocycles. The number of esters is 1. The molecule has 0 saturated carbocycles. The molecule has 0 bridgehead atoms. The molecular formula is C22H21N3O5S. The molecule has 0 aromatic heterocycles. The lowest BCUT2D eigenvalue weighted by Gasteiger charge is -2.11. The molecule has 160 valence electrons. The van der Waals surface area contributed by atoms with Crippen molar-refractivity contribution in [2.24, 2.45) is 0 Å². The molecule has 0 aliphatic rings. The molecular weight excluding hydrogens is 418 g/mol. The van der Waals surface area contributed by atoms with Crippen molar-refractivity contribution in [2.45, 2.75) is 11.8 Å². The van der Waals surface area contributed by atoms with Gasteiger partial charge in [-0.05, 0) is 61.5 Å². The van der Waals surface area contributed by atoms with Crippen LogP contribution in [0.3, 0.4) is 0 Å². The van der Waals surface area contributed by atoms with Crippen LogP contribution >= 0.6 is 0 Å². The highest BCUT2D eigenvalue weighted by molar-refractivity contribution is 7.92. The second kappa shape index (κ2) is 9.77. The van der Waals surface area contributed by atoms with E-state index in [2.05, 4.69) is 15.4 Å². The van der Waals surface area contributed by atoms with Crippen molar-refractivity contribution in [2.75, 3.05) is 22.0 Å². The Morgan fingerprint density at radius 3 is 2.10 bits per heavy atom. The van der Waals surface area contributed by atoms with Crippen molar-refractivity contribution in [3.63, 3.8) is 0 Å². The zero-order valence-electron chi connectivity index (χ0n) is 16.7. The predicted octanol–water partition coefficient (Wildman–Crippen LogP) is 4.31. The zero-order valence-corrected chi connectivity index (χ0v) is 17.5. The molecule has 31 heavy (non-hydrogen) atoms. The number of rotatable bonds is 7. The maximum atomic E-state index is 12.7. The number of urea groups is 1. The van der Waals surface area contributed by atoms with Gasteiger partial charge in [-0.3, -0.25) is 4.72 Å². The highest BCUT2D eigenvalue weighted by atomic mass is 32.2. The van der Waals surface area contributed by atoms with Gasteiger partial charge in [0.15, 0.2) is 0 Å². The zero-order chi connectivity index (χ0) is 22.3. The maximum absolute atomic E-state index is 12.7. The molecule has 3 rings (SSSR count). The van der Waals surface area contributed by atoms with Crippen molar-refractivity contribution in [3.05, 3.63) is 84.4 Å². The predicted molar refractivity (Wildman–Crippen MR) is 119 cm³/mol. The van der Waals surface area contributed by atoms with E-state index in [1.165, 1.54) is 30.3 Å². The second-order valence-corrected chi connectivity index (χ2v) is 8.06. The van der Waals surface area contributed by atoms with E-state index in [9.17, 15) is 18.0 Å². The van der Waals surface area contributed by atoms with Crippen molar-refractivity contribution in [1.82, 2.24) is 0 Å². The van der Waals surface area contributed by atoms with E-state index >= 15 is 0 Å². The average molecular weight is 439 g/mol. The number of hydrogen-bond donors (Lipinski definition) is 3. The highest BCUT2D eigenvalue weighted by Crippen LogP contribution is 2.20. The summed E-state index contributed by atoms with van der Waals surface area (Å²) >= 11 is 0. The van der Waals surface area contributed by atoms with Gasteiger partial charge in [0, 0.05) is 11.4 Å². The first-order valence-corrected chi connectivity index (χ1v) is 10.9. The summed E-state index contributed by atoms with van der Waals surface area (Å²) in [6.45, 7) is 1.92. The van der Waals surface area contributed by atoms with Crippen molar-refractivity contribution < 1.29 is 22.7 Å². The molecule has 8 nitrogen and oxygen atoms in total. The van der Waals surface area contributed by atoms with E-state index in [1.807, 2.05) is 6.07 Å². The SMILES string of the molecule is CCOC(=O)c1ccc(S(=O)(=O)Nc2cccc(NC(=O)Nc3ccccc3)c2)cc1. The fourth-order valence-corrected chi connectivity index (χ4v) is 3.72. The first kappa shape index (κ1) is 21.8. The largest absolute Gasteiger partial charge is 0.462 e. The Balaban J connectivity index is 1.68. The van der Waals surface area contributed by atoms with E-state index in [-0.39, 0.29) is 22.8 Å². The summed E-state index contributed by atoms with van der Waals surface area (Å²) in [7, 11) is -3.89. The monoisotopic (exact) mass is 439 g/mol. The van der Waals surface area contributed by atoms with Crippen LogP contribution in [0.25, 0.3) is 0 Å². The van der Waals surface area contributed by atoms with Crippen molar-refractivity contribution in [1.29, 1.82) is 0 Å². The van der Waals surface area contributed by atoms with Crippen LogP contribution in [-0.2, 0) is 14.8 Å². The molecule has 0 saturated heterocycles. The number of benzene rings is 3. The van der Waals surface area contributed by atoms with Gasteiger partial charge in [-0.2, -0.15) is 0 Å². The number of ether oxygens (including phenoxy) is 1. The van der Waals surface area contributed by atoms with Gasteiger partial charge in [0.25, 0.3) is 10.0 Å². The summed E-state index contributed by atoms with van der Waals surface area (Å²) in [6, 6.07) is 20.2. The Bertz CT molecular complexity index is 1160. The molecule has 0 aliphatic carbocycles. The quantitative estimate of drug-likeness (QED) is 0.475. The van der Waals surface area contributed by atoms with E-state index in [4.69, 9.17) is 4.74 Å². The lowest BCUT2D eigenvalue weighted by atomic mass is 10.2. The molecule has 0 fully saturated rings. The topological polar surface area (TPSA) is 114 Å².